The molecular formula is C10H20ClNO6P-. The van der Waals surface area contributed by atoms with Gasteiger partial charge in [0.1, 0.15) is 10.8 Å². The standard InChI is InChI=1S/C8H14ClNO2.C2H7O4P/c1-4-10(5-2)8(12)7(9)6(3)11;1-5-7(3,4)6-2/h11H,4-5H2,1-3H3;1-2H3,(H,3,4)/p-1/b7-6+;. The Morgan fingerprint density at radius 2 is 1.68 bits per heavy atom. The van der Waals surface area contributed by atoms with Crippen molar-refractivity contribution in [1.29, 1.82) is 0 Å². The van der Waals surface area contributed by atoms with Gasteiger partial charge in [-0.15, -0.1) is 0 Å². The Morgan fingerprint density at radius 3 is 1.84 bits per heavy atom. The molecule has 0 aromatic carbocycles. The Balaban J connectivity index is 0. The van der Waals surface area contributed by atoms with Crippen LogP contribution >= 0.6 is 19.4 Å². The largest absolute Gasteiger partial charge is 0.756 e. The quantitative estimate of drug-likeness (QED) is 0.470. The first kappa shape index (κ1) is 20.7. The molecule has 0 aromatic heterocycles. The third-order valence-corrected chi connectivity index (χ3v) is 3.33. The first-order valence-corrected chi connectivity index (χ1v) is 7.27. The number of aliphatic hydroxyl groups excluding tert-OH is 1. The van der Waals surface area contributed by atoms with Gasteiger partial charge in [-0.3, -0.25) is 9.36 Å². The number of carbonyl (C=O) groups is 1. The maximum Gasteiger partial charge on any atom is 0.268 e. The molecule has 114 valence electrons. The molecule has 1 amide bonds. The van der Waals surface area contributed by atoms with Crippen LogP contribution in [0, 0.1) is 0 Å². The first-order valence-electron chi connectivity index (χ1n) is 5.43. The fraction of sp³-hybridized carbons (Fsp3) is 0.700. The van der Waals surface area contributed by atoms with Crippen molar-refractivity contribution >= 4 is 25.3 Å². The van der Waals surface area contributed by atoms with Crippen LogP contribution < -0.4 is 4.89 Å². The number of allylic oxidation sites excluding steroid dienone is 1. The van der Waals surface area contributed by atoms with Crippen molar-refractivity contribution < 1.29 is 28.4 Å². The average molecular weight is 317 g/mol. The van der Waals surface area contributed by atoms with E-state index in [1.165, 1.54) is 6.92 Å². The van der Waals surface area contributed by atoms with E-state index in [0.717, 1.165) is 14.2 Å². The molecular weight excluding hydrogens is 297 g/mol. The molecule has 0 bridgehead atoms. The van der Waals surface area contributed by atoms with Gasteiger partial charge in [0.25, 0.3) is 13.7 Å². The number of rotatable bonds is 5. The second-order valence-corrected chi connectivity index (χ2v) is 5.19. The van der Waals surface area contributed by atoms with E-state index in [4.69, 9.17) is 16.7 Å². The van der Waals surface area contributed by atoms with Gasteiger partial charge >= 0.3 is 0 Å². The molecule has 0 fully saturated rings. The summed E-state index contributed by atoms with van der Waals surface area (Å²) in [5.41, 5.74) is 0. The lowest BCUT2D eigenvalue weighted by Crippen LogP contribution is -2.30. The fourth-order valence-corrected chi connectivity index (χ4v) is 1.15. The number of halogens is 1. The Hall–Kier alpha value is -0.590. The van der Waals surface area contributed by atoms with E-state index in [2.05, 4.69) is 9.05 Å². The number of amides is 1. The van der Waals surface area contributed by atoms with Crippen LogP contribution in [0.2, 0.25) is 0 Å². The van der Waals surface area contributed by atoms with Crippen molar-refractivity contribution in [1.82, 2.24) is 4.90 Å². The molecule has 0 atom stereocenters. The highest BCUT2D eigenvalue weighted by atomic mass is 35.5. The van der Waals surface area contributed by atoms with Gasteiger partial charge in [-0.25, -0.2) is 0 Å². The van der Waals surface area contributed by atoms with E-state index < -0.39 is 7.82 Å². The molecule has 0 aliphatic heterocycles. The van der Waals surface area contributed by atoms with E-state index in [1.807, 2.05) is 13.8 Å². The normalized spacial score (nSPS) is 12.2. The van der Waals surface area contributed by atoms with E-state index >= 15 is 0 Å². The molecule has 0 spiro atoms. The number of phosphoric acid groups is 1. The van der Waals surface area contributed by atoms with Gasteiger partial charge in [0.2, 0.25) is 0 Å². The van der Waals surface area contributed by atoms with E-state index in [0.29, 0.717) is 13.1 Å². The summed E-state index contributed by atoms with van der Waals surface area (Å²) < 4.78 is 17.7. The Labute approximate surface area is 118 Å². The Morgan fingerprint density at radius 1 is 1.32 bits per heavy atom. The third kappa shape index (κ3) is 9.02. The number of hydrogen-bond acceptors (Lipinski definition) is 6. The molecule has 0 saturated carbocycles. The fourth-order valence-electron chi connectivity index (χ4n) is 0.879. The second-order valence-electron chi connectivity index (χ2n) is 3.19. The highest BCUT2D eigenvalue weighted by molar-refractivity contribution is 7.45. The van der Waals surface area contributed by atoms with Crippen LogP contribution in [-0.4, -0.2) is 43.2 Å². The van der Waals surface area contributed by atoms with Crippen molar-refractivity contribution in [2.45, 2.75) is 20.8 Å². The molecule has 0 rings (SSSR count). The summed E-state index contributed by atoms with van der Waals surface area (Å²) in [5.74, 6) is -0.449. The maximum absolute atomic E-state index is 11.3. The summed E-state index contributed by atoms with van der Waals surface area (Å²) in [4.78, 5) is 22.8. The van der Waals surface area contributed by atoms with Gasteiger partial charge in [0.05, 0.1) is 0 Å². The number of phosphoric ester groups is 1. The van der Waals surface area contributed by atoms with Gasteiger partial charge in [0, 0.05) is 27.3 Å². The van der Waals surface area contributed by atoms with Crippen LogP contribution in [0.1, 0.15) is 20.8 Å². The van der Waals surface area contributed by atoms with Crippen LogP contribution in [-0.2, 0) is 18.4 Å². The van der Waals surface area contributed by atoms with Gasteiger partial charge in [-0.05, 0) is 20.8 Å². The van der Waals surface area contributed by atoms with Crippen molar-refractivity contribution in [3.8, 4) is 0 Å². The number of nitrogens with zero attached hydrogens (tertiary/aromatic N) is 1. The Kier molecular flexibility index (Phi) is 11.2. The molecule has 0 heterocycles. The minimum atomic E-state index is -3.90. The maximum atomic E-state index is 11.3. The van der Waals surface area contributed by atoms with E-state index in [-0.39, 0.29) is 16.7 Å². The summed E-state index contributed by atoms with van der Waals surface area (Å²) in [7, 11) is -1.83. The third-order valence-electron chi connectivity index (χ3n) is 2.00. The monoisotopic (exact) mass is 316 g/mol. The van der Waals surface area contributed by atoms with Crippen LogP contribution in [0.5, 0.6) is 0 Å². The van der Waals surface area contributed by atoms with Gasteiger partial charge < -0.3 is 23.9 Å². The second kappa shape index (κ2) is 10.2. The number of likely N-dealkylation sites (N-methyl/N-ethyl adjacent to an activating group) is 1. The first-order chi connectivity index (χ1) is 8.66. The topological polar surface area (TPSA) is 99.1 Å². The number of hydrogen-bond donors (Lipinski definition) is 1. The zero-order chi connectivity index (χ0) is 15.6. The van der Waals surface area contributed by atoms with Crippen molar-refractivity contribution in [3.63, 3.8) is 0 Å². The zero-order valence-electron chi connectivity index (χ0n) is 11.7. The van der Waals surface area contributed by atoms with Crippen molar-refractivity contribution in [3.05, 3.63) is 10.8 Å². The van der Waals surface area contributed by atoms with Gasteiger partial charge in [0.15, 0.2) is 0 Å². The van der Waals surface area contributed by atoms with Gasteiger partial charge in [-0.2, -0.15) is 0 Å². The van der Waals surface area contributed by atoms with Crippen molar-refractivity contribution in [2.75, 3.05) is 27.3 Å². The molecule has 0 aromatic rings. The SMILES string of the molecule is CCN(CC)C(=O)/C(Cl)=C(/C)O.COP(=O)([O-])OC. The lowest BCUT2D eigenvalue weighted by Gasteiger charge is -2.17. The molecule has 1 N–H and O–H groups in total. The molecule has 0 aliphatic rings. The Bertz CT molecular complexity index is 344. The van der Waals surface area contributed by atoms with Crippen LogP contribution in [0.4, 0.5) is 0 Å². The predicted molar refractivity (Wildman–Crippen MR) is 70.7 cm³/mol. The van der Waals surface area contributed by atoms with E-state index in [9.17, 15) is 14.3 Å². The highest BCUT2D eigenvalue weighted by Crippen LogP contribution is 2.34. The molecule has 7 nitrogen and oxygen atoms in total. The summed E-state index contributed by atoms with van der Waals surface area (Å²) in [6.07, 6.45) is 0. The smallest absolute Gasteiger partial charge is 0.268 e. The summed E-state index contributed by atoms with van der Waals surface area (Å²) in [6, 6.07) is 0. The number of carbonyl (C=O) groups excluding carboxylic acids is 1. The summed E-state index contributed by atoms with van der Waals surface area (Å²) in [5, 5.41) is 8.83. The highest BCUT2D eigenvalue weighted by Gasteiger charge is 2.15. The summed E-state index contributed by atoms with van der Waals surface area (Å²) in [6.45, 7) is 6.30. The lowest BCUT2D eigenvalue weighted by atomic mass is 10.4. The molecule has 0 aliphatic carbocycles. The molecule has 19 heavy (non-hydrogen) atoms. The molecule has 0 unspecified atom stereocenters. The van der Waals surface area contributed by atoms with Crippen LogP contribution in [0.15, 0.2) is 10.8 Å². The van der Waals surface area contributed by atoms with Crippen LogP contribution in [0.3, 0.4) is 0 Å². The minimum absolute atomic E-state index is 0.0984. The number of aliphatic hydroxyl groups is 1. The van der Waals surface area contributed by atoms with Crippen LogP contribution in [0.25, 0.3) is 0 Å². The van der Waals surface area contributed by atoms with Crippen molar-refractivity contribution in [2.24, 2.45) is 0 Å². The summed E-state index contributed by atoms with van der Waals surface area (Å²) >= 11 is 5.56. The predicted octanol–water partition coefficient (Wildman–Crippen LogP) is 1.63. The van der Waals surface area contributed by atoms with E-state index in [1.54, 1.807) is 4.90 Å². The molecule has 0 radical (unpaired) electrons. The van der Waals surface area contributed by atoms with Gasteiger partial charge in [-0.1, -0.05) is 11.6 Å². The lowest BCUT2D eigenvalue weighted by molar-refractivity contribution is -0.220. The average Bonchev–Trinajstić information content (AvgIpc) is 2.39. The molecule has 0 saturated heterocycles. The minimum Gasteiger partial charge on any atom is -0.756 e. The zero-order valence-corrected chi connectivity index (χ0v) is 13.3. The molecule has 9 heteroatoms.